The van der Waals surface area contributed by atoms with Gasteiger partial charge in [-0.3, -0.25) is 9.59 Å². The molecule has 2 N–H and O–H groups in total. The molecule has 1 unspecified atom stereocenters. The number of ether oxygens (including phenoxy) is 2. The van der Waals surface area contributed by atoms with E-state index < -0.39 is 28.5 Å². The predicted octanol–water partition coefficient (Wildman–Crippen LogP) is 2.99. The van der Waals surface area contributed by atoms with E-state index in [4.69, 9.17) is 9.47 Å². The molecule has 0 radical (unpaired) electrons. The molecule has 34 heavy (non-hydrogen) atoms. The molecule has 0 saturated heterocycles. The van der Waals surface area contributed by atoms with Gasteiger partial charge in [-0.2, -0.15) is 5.26 Å². The fourth-order valence-electron chi connectivity index (χ4n) is 3.59. The fraction of sp³-hybridized carbons (Fsp3) is 0.435. The molecule has 1 aliphatic carbocycles. The highest BCUT2D eigenvalue weighted by atomic mass is 32.2. The third-order valence-electron chi connectivity index (χ3n) is 5.31. The molecular formula is C23H27N3O6S2. The molecule has 0 bridgehead atoms. The topological polar surface area (TPSA) is 135 Å². The number of hydrogen-bond donors (Lipinski definition) is 2. The Hall–Kier alpha value is -2.94. The number of thiophene rings is 1. The number of benzene rings is 1. The van der Waals surface area contributed by atoms with Gasteiger partial charge in [0.25, 0.3) is 5.91 Å². The summed E-state index contributed by atoms with van der Waals surface area (Å²) >= 11 is 1.39. The summed E-state index contributed by atoms with van der Waals surface area (Å²) in [5.41, 5.74) is 1.48. The number of nitriles is 1. The number of esters is 1. The van der Waals surface area contributed by atoms with Gasteiger partial charge in [-0.1, -0.05) is 6.92 Å². The van der Waals surface area contributed by atoms with Gasteiger partial charge in [0.2, 0.25) is 10.0 Å². The SMILES string of the molecule is CCOc1ccc(S(=O)(=O)NCCC(=O)OCC(=O)Nc2sc3c(c2C#N)CCC(C)C3)cc1. The number of fused-ring (bicyclic) bond motifs is 1. The lowest BCUT2D eigenvalue weighted by Crippen LogP contribution is -2.28. The monoisotopic (exact) mass is 505 g/mol. The zero-order valence-corrected chi connectivity index (χ0v) is 20.7. The first kappa shape index (κ1) is 25.7. The van der Waals surface area contributed by atoms with Crippen molar-refractivity contribution in [3.63, 3.8) is 0 Å². The second-order valence-electron chi connectivity index (χ2n) is 7.93. The molecule has 1 heterocycles. The lowest BCUT2D eigenvalue weighted by atomic mass is 9.89. The Balaban J connectivity index is 1.44. The number of anilines is 1. The van der Waals surface area contributed by atoms with Crippen LogP contribution in [0.4, 0.5) is 5.00 Å². The molecule has 1 aromatic carbocycles. The van der Waals surface area contributed by atoms with Crippen LogP contribution in [-0.4, -0.2) is 40.1 Å². The Kier molecular flexibility index (Phi) is 8.66. The number of hydrogen-bond acceptors (Lipinski definition) is 8. The van der Waals surface area contributed by atoms with Gasteiger partial charge in [-0.15, -0.1) is 11.3 Å². The van der Waals surface area contributed by atoms with E-state index in [1.54, 1.807) is 12.1 Å². The maximum absolute atomic E-state index is 12.3. The van der Waals surface area contributed by atoms with Crippen LogP contribution in [-0.2, 0) is 37.2 Å². The largest absolute Gasteiger partial charge is 0.494 e. The Morgan fingerprint density at radius 2 is 2.00 bits per heavy atom. The summed E-state index contributed by atoms with van der Waals surface area (Å²) in [7, 11) is -3.79. The van der Waals surface area contributed by atoms with Gasteiger partial charge in [0, 0.05) is 11.4 Å². The molecular weight excluding hydrogens is 478 g/mol. The normalized spacial score (nSPS) is 15.1. The highest BCUT2D eigenvalue weighted by Gasteiger charge is 2.25. The summed E-state index contributed by atoms with van der Waals surface area (Å²) in [6, 6.07) is 8.09. The number of sulfonamides is 1. The van der Waals surface area contributed by atoms with Crippen molar-refractivity contribution in [3.05, 3.63) is 40.3 Å². The average molecular weight is 506 g/mol. The molecule has 1 atom stereocenters. The van der Waals surface area contributed by atoms with Gasteiger partial charge < -0.3 is 14.8 Å². The van der Waals surface area contributed by atoms with Crippen molar-refractivity contribution >= 4 is 38.2 Å². The third-order valence-corrected chi connectivity index (χ3v) is 7.95. The average Bonchev–Trinajstić information content (AvgIpc) is 3.14. The zero-order valence-electron chi connectivity index (χ0n) is 19.0. The minimum Gasteiger partial charge on any atom is -0.494 e. The fourth-order valence-corrected chi connectivity index (χ4v) is 6.00. The quantitative estimate of drug-likeness (QED) is 0.474. The van der Waals surface area contributed by atoms with Crippen molar-refractivity contribution in [1.29, 1.82) is 5.26 Å². The number of nitrogens with zero attached hydrogens (tertiary/aromatic N) is 1. The summed E-state index contributed by atoms with van der Waals surface area (Å²) < 4.78 is 37.2. The first-order valence-corrected chi connectivity index (χ1v) is 13.3. The van der Waals surface area contributed by atoms with E-state index in [9.17, 15) is 23.3 Å². The molecule has 0 saturated carbocycles. The molecule has 0 fully saturated rings. The molecule has 9 nitrogen and oxygen atoms in total. The molecule has 2 aromatic rings. The molecule has 11 heteroatoms. The number of nitrogens with one attached hydrogen (secondary N) is 2. The van der Waals surface area contributed by atoms with Crippen LogP contribution in [0.1, 0.15) is 42.7 Å². The lowest BCUT2D eigenvalue weighted by molar-refractivity contribution is -0.147. The predicted molar refractivity (Wildman–Crippen MR) is 127 cm³/mol. The Morgan fingerprint density at radius 1 is 1.26 bits per heavy atom. The maximum Gasteiger partial charge on any atom is 0.307 e. The van der Waals surface area contributed by atoms with Crippen molar-refractivity contribution < 1.29 is 27.5 Å². The minimum absolute atomic E-state index is 0.0463. The molecule has 1 aliphatic rings. The van der Waals surface area contributed by atoms with Crippen molar-refractivity contribution in [2.75, 3.05) is 25.1 Å². The lowest BCUT2D eigenvalue weighted by Gasteiger charge is -2.17. The Morgan fingerprint density at radius 3 is 2.68 bits per heavy atom. The highest BCUT2D eigenvalue weighted by molar-refractivity contribution is 7.89. The first-order valence-electron chi connectivity index (χ1n) is 11.0. The number of rotatable bonds is 10. The van der Waals surface area contributed by atoms with Crippen molar-refractivity contribution in [2.45, 2.75) is 44.4 Å². The number of carbonyl (C=O) groups is 2. The summed E-state index contributed by atoms with van der Waals surface area (Å²) in [6.45, 7) is 3.76. The first-order chi connectivity index (χ1) is 16.2. The van der Waals surface area contributed by atoms with Crippen LogP contribution in [0, 0.1) is 17.2 Å². The van der Waals surface area contributed by atoms with Crippen LogP contribution in [0.15, 0.2) is 29.2 Å². The molecule has 182 valence electrons. The Labute approximate surface area is 203 Å². The standard InChI is InChI=1S/C23H27N3O6S2/c1-3-31-16-5-7-17(8-6-16)34(29,30)25-11-10-22(28)32-14-21(27)26-23-19(13-24)18-9-4-15(2)12-20(18)33-23/h5-8,15,25H,3-4,9-12,14H2,1-2H3,(H,26,27). The van der Waals surface area contributed by atoms with Gasteiger partial charge in [0.1, 0.15) is 16.8 Å². The van der Waals surface area contributed by atoms with Gasteiger partial charge in [0.15, 0.2) is 6.61 Å². The molecule has 1 aromatic heterocycles. The van der Waals surface area contributed by atoms with Crippen LogP contribution < -0.4 is 14.8 Å². The maximum atomic E-state index is 12.3. The van der Waals surface area contributed by atoms with Crippen LogP contribution in [0.25, 0.3) is 0 Å². The van der Waals surface area contributed by atoms with Crippen LogP contribution in [0.5, 0.6) is 5.75 Å². The van der Waals surface area contributed by atoms with Gasteiger partial charge in [-0.25, -0.2) is 13.1 Å². The van der Waals surface area contributed by atoms with Gasteiger partial charge >= 0.3 is 5.97 Å². The van der Waals surface area contributed by atoms with Crippen LogP contribution in [0.3, 0.4) is 0 Å². The number of carbonyl (C=O) groups excluding carboxylic acids is 2. The van der Waals surface area contributed by atoms with E-state index in [0.717, 1.165) is 29.7 Å². The second kappa shape index (κ2) is 11.5. The summed E-state index contributed by atoms with van der Waals surface area (Å²) in [4.78, 5) is 25.4. The Bertz CT molecular complexity index is 1180. The van der Waals surface area contributed by atoms with E-state index in [1.807, 2.05) is 6.92 Å². The van der Waals surface area contributed by atoms with Crippen LogP contribution >= 0.6 is 11.3 Å². The van der Waals surface area contributed by atoms with E-state index >= 15 is 0 Å². The number of amides is 1. The zero-order chi connectivity index (χ0) is 24.7. The molecule has 1 amide bonds. The van der Waals surface area contributed by atoms with E-state index in [1.165, 1.54) is 23.5 Å². The van der Waals surface area contributed by atoms with Crippen LogP contribution in [0.2, 0.25) is 0 Å². The van der Waals surface area contributed by atoms with Gasteiger partial charge in [0.05, 0.1) is 23.5 Å². The smallest absolute Gasteiger partial charge is 0.307 e. The highest BCUT2D eigenvalue weighted by Crippen LogP contribution is 2.39. The van der Waals surface area contributed by atoms with Crippen molar-refractivity contribution in [3.8, 4) is 11.8 Å². The van der Waals surface area contributed by atoms with Crippen molar-refractivity contribution in [1.82, 2.24) is 4.72 Å². The summed E-state index contributed by atoms with van der Waals surface area (Å²) in [5, 5.41) is 12.6. The minimum atomic E-state index is -3.79. The molecule has 0 spiro atoms. The van der Waals surface area contributed by atoms with Gasteiger partial charge in [-0.05, 0) is 61.9 Å². The molecule has 3 rings (SSSR count). The van der Waals surface area contributed by atoms with E-state index in [0.29, 0.717) is 28.8 Å². The van der Waals surface area contributed by atoms with E-state index in [2.05, 4.69) is 23.0 Å². The van der Waals surface area contributed by atoms with E-state index in [-0.39, 0.29) is 17.9 Å². The molecule has 0 aliphatic heterocycles. The van der Waals surface area contributed by atoms with Crippen molar-refractivity contribution in [2.24, 2.45) is 5.92 Å². The third kappa shape index (κ3) is 6.56. The second-order valence-corrected chi connectivity index (χ2v) is 10.8. The summed E-state index contributed by atoms with van der Waals surface area (Å²) in [6.07, 6.45) is 2.46. The summed E-state index contributed by atoms with van der Waals surface area (Å²) in [5.74, 6) is -0.174.